The third-order valence-corrected chi connectivity index (χ3v) is 4.35. The molecule has 2 aromatic rings. The quantitative estimate of drug-likeness (QED) is 0.336. The topological polar surface area (TPSA) is 69.2 Å². The fourth-order valence-electron chi connectivity index (χ4n) is 2.36. The summed E-state index contributed by atoms with van der Waals surface area (Å²) in [5.41, 5.74) is 4.25. The highest BCUT2D eigenvalue weighted by molar-refractivity contribution is 14.1. The number of carbonyl (C=O) groups is 1. The smallest absolute Gasteiger partial charge is 0.244 e. The fraction of sp³-hybridized carbons (Fsp3) is 0.300. The van der Waals surface area contributed by atoms with Crippen LogP contribution in [-0.4, -0.2) is 32.4 Å². The first-order valence-electron chi connectivity index (χ1n) is 8.61. The number of hydrazone groups is 1. The van der Waals surface area contributed by atoms with Gasteiger partial charge in [0.1, 0.15) is 5.75 Å². The van der Waals surface area contributed by atoms with Gasteiger partial charge >= 0.3 is 0 Å². The third-order valence-electron chi connectivity index (χ3n) is 3.55. The molecule has 0 saturated heterocycles. The minimum Gasteiger partial charge on any atom is -0.497 e. The zero-order valence-electron chi connectivity index (χ0n) is 15.6. The maximum atomic E-state index is 12.0. The number of carbonyl (C=O) groups excluding carboxylic acids is 1. The molecule has 0 atom stereocenters. The van der Waals surface area contributed by atoms with Crippen LogP contribution < -0.4 is 19.6 Å². The van der Waals surface area contributed by atoms with Crippen molar-refractivity contribution in [3.05, 3.63) is 51.1 Å². The summed E-state index contributed by atoms with van der Waals surface area (Å²) in [6, 6.07) is 11.1. The first-order valence-corrected chi connectivity index (χ1v) is 9.69. The molecule has 7 heteroatoms. The number of halogens is 1. The molecule has 0 aliphatic carbocycles. The molecular weight excluding hydrogens is 459 g/mol. The van der Waals surface area contributed by atoms with E-state index in [9.17, 15) is 4.79 Å². The minimum absolute atomic E-state index is 0.193. The molecule has 2 aromatic carbocycles. The Labute approximate surface area is 173 Å². The van der Waals surface area contributed by atoms with Crippen molar-refractivity contribution in [1.82, 2.24) is 5.43 Å². The molecule has 0 spiro atoms. The summed E-state index contributed by atoms with van der Waals surface area (Å²) in [5, 5.41) is 4.04. The molecule has 2 rings (SSSR count). The third kappa shape index (κ3) is 6.42. The van der Waals surface area contributed by atoms with Gasteiger partial charge in [0.2, 0.25) is 5.91 Å². The standard InChI is InChI=1S/C20H23IN2O4/c1-4-26-18-11-15(10-17(21)20(18)27-5-2)13-22-23-19(24)12-14-6-8-16(25-3)9-7-14/h6-11,13H,4-5,12H2,1-3H3,(H,23,24)/b22-13-. The molecule has 1 N–H and O–H groups in total. The van der Waals surface area contributed by atoms with Gasteiger partial charge in [-0.3, -0.25) is 4.79 Å². The lowest BCUT2D eigenvalue weighted by atomic mass is 10.1. The van der Waals surface area contributed by atoms with Crippen molar-refractivity contribution in [2.45, 2.75) is 20.3 Å². The lowest BCUT2D eigenvalue weighted by Crippen LogP contribution is -2.19. The Morgan fingerprint density at radius 3 is 2.48 bits per heavy atom. The summed E-state index contributed by atoms with van der Waals surface area (Å²) in [4.78, 5) is 12.0. The number of ether oxygens (including phenoxy) is 3. The van der Waals surface area contributed by atoms with Crippen LogP contribution in [0.1, 0.15) is 25.0 Å². The van der Waals surface area contributed by atoms with Crippen LogP contribution in [0, 0.1) is 3.57 Å². The molecule has 0 bridgehead atoms. The van der Waals surface area contributed by atoms with Gasteiger partial charge in [0.25, 0.3) is 0 Å². The van der Waals surface area contributed by atoms with Gasteiger partial charge in [-0.05, 0) is 71.8 Å². The normalized spacial score (nSPS) is 10.7. The Kier molecular flexibility index (Phi) is 8.38. The van der Waals surface area contributed by atoms with E-state index in [4.69, 9.17) is 14.2 Å². The van der Waals surface area contributed by atoms with Gasteiger partial charge in [0, 0.05) is 0 Å². The number of nitrogens with one attached hydrogen (secondary N) is 1. The highest BCUT2D eigenvalue weighted by atomic mass is 127. The summed E-state index contributed by atoms with van der Waals surface area (Å²) >= 11 is 2.20. The minimum atomic E-state index is -0.193. The highest BCUT2D eigenvalue weighted by Crippen LogP contribution is 2.33. The molecular formula is C20H23IN2O4. The van der Waals surface area contributed by atoms with E-state index in [1.165, 1.54) is 0 Å². The number of nitrogens with zero attached hydrogens (tertiary/aromatic N) is 1. The lowest BCUT2D eigenvalue weighted by molar-refractivity contribution is -0.120. The van der Waals surface area contributed by atoms with Crippen molar-refractivity contribution in [3.63, 3.8) is 0 Å². The summed E-state index contributed by atoms with van der Waals surface area (Å²) in [6.45, 7) is 4.95. The van der Waals surface area contributed by atoms with Crippen molar-refractivity contribution in [3.8, 4) is 17.2 Å². The molecule has 0 aliphatic rings. The van der Waals surface area contributed by atoms with Gasteiger partial charge in [0.05, 0.1) is 36.5 Å². The Bertz CT molecular complexity index is 791. The Hall–Kier alpha value is -2.29. The van der Waals surface area contributed by atoms with Crippen LogP contribution in [0.4, 0.5) is 0 Å². The molecule has 6 nitrogen and oxygen atoms in total. The summed E-state index contributed by atoms with van der Waals surface area (Å²) in [6.07, 6.45) is 1.83. The van der Waals surface area contributed by atoms with E-state index < -0.39 is 0 Å². The number of hydrogen-bond donors (Lipinski definition) is 1. The molecule has 144 valence electrons. The van der Waals surface area contributed by atoms with E-state index in [1.54, 1.807) is 13.3 Å². The number of amides is 1. The highest BCUT2D eigenvalue weighted by Gasteiger charge is 2.11. The van der Waals surface area contributed by atoms with Crippen LogP contribution in [0.25, 0.3) is 0 Å². The van der Waals surface area contributed by atoms with Gasteiger partial charge in [0.15, 0.2) is 11.5 Å². The van der Waals surface area contributed by atoms with Crippen molar-refractivity contribution in [2.24, 2.45) is 5.10 Å². The van der Waals surface area contributed by atoms with E-state index in [1.807, 2.05) is 50.2 Å². The maximum absolute atomic E-state index is 12.0. The van der Waals surface area contributed by atoms with Crippen LogP contribution >= 0.6 is 22.6 Å². The Balaban J connectivity index is 2.00. The Morgan fingerprint density at radius 1 is 1.15 bits per heavy atom. The molecule has 27 heavy (non-hydrogen) atoms. The van der Waals surface area contributed by atoms with E-state index in [0.717, 1.165) is 26.2 Å². The summed E-state index contributed by atoms with van der Waals surface area (Å²) in [7, 11) is 1.61. The zero-order chi connectivity index (χ0) is 19.6. The van der Waals surface area contributed by atoms with Crippen LogP contribution in [0.5, 0.6) is 17.2 Å². The number of rotatable bonds is 9. The monoisotopic (exact) mass is 482 g/mol. The van der Waals surface area contributed by atoms with E-state index in [0.29, 0.717) is 19.0 Å². The van der Waals surface area contributed by atoms with Crippen molar-refractivity contribution >= 4 is 34.7 Å². The van der Waals surface area contributed by atoms with Gasteiger partial charge in [-0.2, -0.15) is 5.10 Å². The van der Waals surface area contributed by atoms with Gasteiger partial charge in [-0.25, -0.2) is 5.43 Å². The maximum Gasteiger partial charge on any atom is 0.244 e. The lowest BCUT2D eigenvalue weighted by Gasteiger charge is -2.13. The van der Waals surface area contributed by atoms with Gasteiger partial charge in [-0.15, -0.1) is 0 Å². The number of methoxy groups -OCH3 is 1. The SMILES string of the molecule is CCOc1cc(/C=N\NC(=O)Cc2ccc(OC)cc2)cc(I)c1OCC. The van der Waals surface area contributed by atoms with Crippen molar-refractivity contribution in [2.75, 3.05) is 20.3 Å². The second-order valence-electron chi connectivity index (χ2n) is 5.51. The second-order valence-corrected chi connectivity index (χ2v) is 6.68. The van der Waals surface area contributed by atoms with Crippen LogP contribution in [0.3, 0.4) is 0 Å². The average molecular weight is 482 g/mol. The van der Waals surface area contributed by atoms with E-state index in [-0.39, 0.29) is 12.3 Å². The zero-order valence-corrected chi connectivity index (χ0v) is 17.8. The predicted molar refractivity (Wildman–Crippen MR) is 114 cm³/mol. The Morgan fingerprint density at radius 2 is 1.85 bits per heavy atom. The second kappa shape index (κ2) is 10.8. The molecule has 0 unspecified atom stereocenters. The molecule has 0 fully saturated rings. The van der Waals surface area contributed by atoms with Crippen molar-refractivity contribution in [1.29, 1.82) is 0 Å². The molecule has 1 amide bonds. The van der Waals surface area contributed by atoms with Crippen LogP contribution in [0.15, 0.2) is 41.5 Å². The first-order chi connectivity index (χ1) is 13.1. The molecule has 0 heterocycles. The van der Waals surface area contributed by atoms with Gasteiger partial charge < -0.3 is 14.2 Å². The average Bonchev–Trinajstić information content (AvgIpc) is 2.65. The fourth-order valence-corrected chi connectivity index (χ4v) is 3.14. The molecule has 0 saturated carbocycles. The molecule has 0 aromatic heterocycles. The molecule has 0 radical (unpaired) electrons. The van der Waals surface area contributed by atoms with Crippen LogP contribution in [-0.2, 0) is 11.2 Å². The summed E-state index contributed by atoms with van der Waals surface area (Å²) < 4.78 is 17.3. The van der Waals surface area contributed by atoms with Crippen LogP contribution in [0.2, 0.25) is 0 Å². The van der Waals surface area contributed by atoms with E-state index in [2.05, 4.69) is 33.1 Å². The predicted octanol–water partition coefficient (Wildman–Crippen LogP) is 3.79. The summed E-state index contributed by atoms with van der Waals surface area (Å²) in [5.74, 6) is 1.95. The number of benzene rings is 2. The van der Waals surface area contributed by atoms with Crippen molar-refractivity contribution < 1.29 is 19.0 Å². The first kappa shape index (κ1) is 21.0. The van der Waals surface area contributed by atoms with E-state index >= 15 is 0 Å². The molecule has 0 aliphatic heterocycles. The van der Waals surface area contributed by atoms with Gasteiger partial charge in [-0.1, -0.05) is 12.1 Å². The largest absolute Gasteiger partial charge is 0.497 e. The number of hydrogen-bond acceptors (Lipinski definition) is 5.